The average molecular weight is 340 g/mol. The molecule has 0 spiro atoms. The van der Waals surface area contributed by atoms with Crippen molar-refractivity contribution in [2.24, 2.45) is 0 Å². The summed E-state index contributed by atoms with van der Waals surface area (Å²) in [5.74, 6) is 1.82. The van der Waals surface area contributed by atoms with E-state index in [-0.39, 0.29) is 6.03 Å². The van der Waals surface area contributed by atoms with E-state index in [1.807, 2.05) is 11.0 Å². The molecule has 1 fully saturated rings. The van der Waals surface area contributed by atoms with E-state index in [0.717, 1.165) is 25.9 Å². The van der Waals surface area contributed by atoms with Gasteiger partial charge < -0.3 is 19.7 Å². The van der Waals surface area contributed by atoms with Crippen LogP contribution in [0.5, 0.6) is 11.5 Å². The van der Waals surface area contributed by atoms with Crippen molar-refractivity contribution in [2.75, 3.05) is 32.6 Å². The fourth-order valence-electron chi connectivity index (χ4n) is 3.25. The van der Waals surface area contributed by atoms with Crippen LogP contribution in [0.15, 0.2) is 48.5 Å². The van der Waals surface area contributed by atoms with Crippen LogP contribution in [-0.2, 0) is 0 Å². The van der Waals surface area contributed by atoms with Gasteiger partial charge in [-0.25, -0.2) is 4.79 Å². The Morgan fingerprint density at radius 3 is 2.40 bits per heavy atom. The summed E-state index contributed by atoms with van der Waals surface area (Å²) in [6.45, 7) is 1.50. The molecule has 1 aliphatic rings. The van der Waals surface area contributed by atoms with Gasteiger partial charge in [-0.2, -0.15) is 0 Å². The van der Waals surface area contributed by atoms with E-state index in [0.29, 0.717) is 23.1 Å². The van der Waals surface area contributed by atoms with Gasteiger partial charge in [0.25, 0.3) is 0 Å². The summed E-state index contributed by atoms with van der Waals surface area (Å²) in [6, 6.07) is 15.8. The minimum atomic E-state index is -0.0990. The summed E-state index contributed by atoms with van der Waals surface area (Å²) in [5, 5.41) is 2.94. The molecule has 0 radical (unpaired) electrons. The molecule has 1 aliphatic heterocycles. The second-order valence-corrected chi connectivity index (χ2v) is 6.17. The number of nitrogens with one attached hydrogen (secondary N) is 1. The zero-order chi connectivity index (χ0) is 17.6. The topological polar surface area (TPSA) is 50.8 Å². The quantitative estimate of drug-likeness (QED) is 0.911. The maximum absolute atomic E-state index is 12.6. The van der Waals surface area contributed by atoms with Crippen molar-refractivity contribution in [3.05, 3.63) is 54.1 Å². The van der Waals surface area contributed by atoms with Gasteiger partial charge in [0.15, 0.2) is 0 Å². The van der Waals surface area contributed by atoms with Crippen LogP contribution in [0.1, 0.15) is 24.3 Å². The monoisotopic (exact) mass is 340 g/mol. The number of carbonyl (C=O) groups excluding carboxylic acids is 1. The number of piperidine rings is 1. The molecule has 5 heteroatoms. The van der Waals surface area contributed by atoms with Crippen molar-refractivity contribution in [3.63, 3.8) is 0 Å². The van der Waals surface area contributed by atoms with Crippen LogP contribution in [0.4, 0.5) is 10.5 Å². The van der Waals surface area contributed by atoms with Crippen LogP contribution in [0.3, 0.4) is 0 Å². The highest BCUT2D eigenvalue weighted by molar-refractivity contribution is 5.91. The molecule has 1 heterocycles. The number of hydrogen-bond donors (Lipinski definition) is 1. The summed E-state index contributed by atoms with van der Waals surface area (Å²) in [6.07, 6.45) is 1.96. The third-order valence-electron chi connectivity index (χ3n) is 4.70. The summed E-state index contributed by atoms with van der Waals surface area (Å²) in [4.78, 5) is 14.5. The van der Waals surface area contributed by atoms with Crippen LogP contribution in [0, 0.1) is 0 Å². The highest BCUT2D eigenvalue weighted by atomic mass is 16.5. The molecule has 0 bridgehead atoms. The minimum Gasteiger partial charge on any atom is -0.497 e. The predicted molar refractivity (Wildman–Crippen MR) is 98.6 cm³/mol. The number of rotatable bonds is 4. The van der Waals surface area contributed by atoms with Crippen molar-refractivity contribution in [1.29, 1.82) is 0 Å². The Kier molecular flexibility index (Phi) is 5.43. The third kappa shape index (κ3) is 4.05. The lowest BCUT2D eigenvalue weighted by atomic mass is 9.90. The highest BCUT2D eigenvalue weighted by Crippen LogP contribution is 2.31. The smallest absolute Gasteiger partial charge is 0.321 e. The number of anilines is 1. The first-order valence-electron chi connectivity index (χ1n) is 8.54. The molecule has 132 valence electrons. The Morgan fingerprint density at radius 1 is 1.04 bits per heavy atom. The van der Waals surface area contributed by atoms with Crippen LogP contribution in [-0.4, -0.2) is 38.2 Å². The van der Waals surface area contributed by atoms with Gasteiger partial charge >= 0.3 is 6.03 Å². The maximum atomic E-state index is 12.6. The minimum absolute atomic E-state index is 0.0990. The van der Waals surface area contributed by atoms with Crippen molar-refractivity contribution in [3.8, 4) is 11.5 Å². The predicted octanol–water partition coefficient (Wildman–Crippen LogP) is 4.12. The summed E-state index contributed by atoms with van der Waals surface area (Å²) in [7, 11) is 3.19. The summed E-state index contributed by atoms with van der Waals surface area (Å²) >= 11 is 0. The Labute approximate surface area is 148 Å². The standard InChI is InChI=1S/C20H24N2O3/c1-24-17-8-9-19(25-2)18(14-17)21-20(23)22-12-10-16(11-13-22)15-6-4-3-5-7-15/h3-9,14,16H,10-13H2,1-2H3,(H,21,23). The highest BCUT2D eigenvalue weighted by Gasteiger charge is 2.24. The molecule has 0 atom stereocenters. The molecule has 0 unspecified atom stereocenters. The molecule has 2 aromatic carbocycles. The molecule has 5 nitrogen and oxygen atoms in total. The molecule has 25 heavy (non-hydrogen) atoms. The number of benzene rings is 2. The van der Waals surface area contributed by atoms with Crippen LogP contribution in [0.25, 0.3) is 0 Å². The number of carbonyl (C=O) groups is 1. The molecule has 0 saturated carbocycles. The van der Waals surface area contributed by atoms with Crippen molar-refractivity contribution in [1.82, 2.24) is 4.90 Å². The number of nitrogens with zero attached hydrogens (tertiary/aromatic N) is 1. The first kappa shape index (κ1) is 17.1. The van der Waals surface area contributed by atoms with E-state index in [4.69, 9.17) is 9.47 Å². The van der Waals surface area contributed by atoms with Gasteiger partial charge in [0, 0.05) is 19.2 Å². The molecule has 3 rings (SSSR count). The Balaban J connectivity index is 1.62. The lowest BCUT2D eigenvalue weighted by Crippen LogP contribution is -2.40. The SMILES string of the molecule is COc1ccc(OC)c(NC(=O)N2CCC(c3ccccc3)CC2)c1. The van der Waals surface area contributed by atoms with E-state index in [9.17, 15) is 4.79 Å². The van der Waals surface area contributed by atoms with E-state index < -0.39 is 0 Å². The fourth-order valence-corrected chi connectivity index (χ4v) is 3.25. The van der Waals surface area contributed by atoms with Gasteiger partial charge in [0.1, 0.15) is 11.5 Å². The Hall–Kier alpha value is -2.69. The second-order valence-electron chi connectivity index (χ2n) is 6.17. The van der Waals surface area contributed by atoms with Gasteiger partial charge in [-0.3, -0.25) is 0 Å². The van der Waals surface area contributed by atoms with Gasteiger partial charge in [0.05, 0.1) is 19.9 Å². The van der Waals surface area contributed by atoms with Crippen LogP contribution < -0.4 is 14.8 Å². The Morgan fingerprint density at radius 2 is 1.76 bits per heavy atom. The third-order valence-corrected chi connectivity index (χ3v) is 4.70. The normalized spacial score (nSPS) is 14.9. The average Bonchev–Trinajstić information content (AvgIpc) is 2.68. The van der Waals surface area contributed by atoms with E-state index >= 15 is 0 Å². The largest absolute Gasteiger partial charge is 0.497 e. The second kappa shape index (κ2) is 7.92. The summed E-state index contributed by atoms with van der Waals surface area (Å²) < 4.78 is 10.5. The first-order chi connectivity index (χ1) is 12.2. The van der Waals surface area contributed by atoms with Gasteiger partial charge in [-0.05, 0) is 36.5 Å². The first-order valence-corrected chi connectivity index (χ1v) is 8.54. The number of urea groups is 1. The molecule has 0 aliphatic carbocycles. The number of methoxy groups -OCH3 is 2. The molecular weight excluding hydrogens is 316 g/mol. The van der Waals surface area contributed by atoms with Crippen molar-refractivity contribution < 1.29 is 14.3 Å². The zero-order valence-electron chi connectivity index (χ0n) is 14.7. The Bertz CT molecular complexity index is 710. The van der Waals surface area contributed by atoms with Gasteiger partial charge in [-0.15, -0.1) is 0 Å². The summed E-state index contributed by atoms with van der Waals surface area (Å²) in [5.41, 5.74) is 1.98. The fraction of sp³-hybridized carbons (Fsp3) is 0.350. The molecule has 0 aromatic heterocycles. The zero-order valence-corrected chi connectivity index (χ0v) is 14.7. The number of ether oxygens (including phenoxy) is 2. The molecule has 2 amide bonds. The van der Waals surface area contributed by atoms with E-state index in [1.54, 1.807) is 32.4 Å². The number of amides is 2. The molecule has 1 N–H and O–H groups in total. The molecule has 2 aromatic rings. The van der Waals surface area contributed by atoms with E-state index in [1.165, 1.54) is 5.56 Å². The van der Waals surface area contributed by atoms with Gasteiger partial charge in [-0.1, -0.05) is 30.3 Å². The van der Waals surface area contributed by atoms with Crippen molar-refractivity contribution in [2.45, 2.75) is 18.8 Å². The maximum Gasteiger partial charge on any atom is 0.321 e. The van der Waals surface area contributed by atoms with Crippen molar-refractivity contribution >= 4 is 11.7 Å². The molecule has 1 saturated heterocycles. The van der Waals surface area contributed by atoms with Crippen LogP contribution >= 0.6 is 0 Å². The number of likely N-dealkylation sites (tertiary alicyclic amines) is 1. The van der Waals surface area contributed by atoms with Crippen LogP contribution in [0.2, 0.25) is 0 Å². The molecular formula is C20H24N2O3. The number of hydrogen-bond acceptors (Lipinski definition) is 3. The van der Waals surface area contributed by atoms with E-state index in [2.05, 4.69) is 29.6 Å². The van der Waals surface area contributed by atoms with Gasteiger partial charge in [0.2, 0.25) is 0 Å². The lowest BCUT2D eigenvalue weighted by Gasteiger charge is -2.32. The lowest BCUT2D eigenvalue weighted by molar-refractivity contribution is 0.194.